The molecule has 0 bridgehead atoms. The zero-order chi connectivity index (χ0) is 14.7. The molecule has 1 N–H and O–H groups in total. The maximum Gasteiger partial charge on any atom is 0.0706 e. The molecule has 0 aromatic heterocycles. The van der Waals surface area contributed by atoms with E-state index in [1.807, 2.05) is 0 Å². The summed E-state index contributed by atoms with van der Waals surface area (Å²) in [6, 6.07) is 10.9. The van der Waals surface area contributed by atoms with Crippen molar-refractivity contribution in [2.24, 2.45) is 0 Å². The number of nitrogens with zero attached hydrogens (tertiary/aromatic N) is 1. The fourth-order valence-electron chi connectivity index (χ4n) is 3.71. The number of rotatable bonds is 3. The molecule has 2 aliphatic rings. The van der Waals surface area contributed by atoms with Crippen LogP contribution in [-0.2, 0) is 10.3 Å². The zero-order valence-corrected chi connectivity index (χ0v) is 13.3. The van der Waals surface area contributed by atoms with Gasteiger partial charge in [-0.15, -0.1) is 0 Å². The van der Waals surface area contributed by atoms with Crippen molar-refractivity contribution in [3.63, 3.8) is 0 Å². The van der Waals surface area contributed by atoms with E-state index in [2.05, 4.69) is 54.4 Å². The minimum Gasteiger partial charge on any atom is -0.374 e. The maximum atomic E-state index is 6.02. The second-order valence-electron chi connectivity index (χ2n) is 6.86. The normalized spacial score (nSPS) is 34.8. The van der Waals surface area contributed by atoms with E-state index in [1.165, 1.54) is 31.4 Å². The molecule has 0 aliphatic carbocycles. The highest BCUT2D eigenvalue weighted by molar-refractivity contribution is 5.24. The molecule has 2 heterocycles. The topological polar surface area (TPSA) is 24.5 Å². The lowest BCUT2D eigenvalue weighted by molar-refractivity contribution is 0.0282. The third-order valence-electron chi connectivity index (χ3n) is 4.90. The fraction of sp³-hybridized carbons (Fsp3) is 0.667. The summed E-state index contributed by atoms with van der Waals surface area (Å²) in [6.07, 6.45) is 4.52. The predicted molar refractivity (Wildman–Crippen MR) is 86.4 cm³/mol. The zero-order valence-electron chi connectivity index (χ0n) is 13.3. The van der Waals surface area contributed by atoms with Crippen LogP contribution in [0.5, 0.6) is 0 Å². The molecule has 0 amide bonds. The molecule has 21 heavy (non-hydrogen) atoms. The highest BCUT2D eigenvalue weighted by Crippen LogP contribution is 2.26. The summed E-state index contributed by atoms with van der Waals surface area (Å²) in [7, 11) is 0. The Morgan fingerprint density at radius 2 is 2.10 bits per heavy atom. The molecular weight excluding hydrogens is 260 g/mol. The quantitative estimate of drug-likeness (QED) is 0.925. The smallest absolute Gasteiger partial charge is 0.0706 e. The first-order chi connectivity index (χ1) is 10.2. The van der Waals surface area contributed by atoms with Crippen molar-refractivity contribution in [1.82, 2.24) is 10.2 Å². The second kappa shape index (κ2) is 6.47. The third kappa shape index (κ3) is 3.65. The number of nitrogens with one attached hydrogen (secondary N) is 1. The van der Waals surface area contributed by atoms with Crippen molar-refractivity contribution < 1.29 is 4.74 Å². The van der Waals surface area contributed by atoms with Crippen molar-refractivity contribution in [1.29, 1.82) is 0 Å². The Labute approximate surface area is 128 Å². The molecule has 2 saturated heterocycles. The Kier molecular flexibility index (Phi) is 4.63. The first-order valence-electron chi connectivity index (χ1n) is 8.34. The Hall–Kier alpha value is -0.900. The van der Waals surface area contributed by atoms with E-state index in [9.17, 15) is 0 Å². The number of hydrogen-bond donors (Lipinski definition) is 1. The van der Waals surface area contributed by atoms with Crippen LogP contribution in [0.3, 0.4) is 0 Å². The Morgan fingerprint density at radius 3 is 2.81 bits per heavy atom. The molecule has 0 radical (unpaired) electrons. The highest BCUT2D eigenvalue weighted by Gasteiger charge is 2.32. The van der Waals surface area contributed by atoms with Gasteiger partial charge in [0.2, 0.25) is 0 Å². The van der Waals surface area contributed by atoms with E-state index in [0.717, 1.165) is 19.6 Å². The van der Waals surface area contributed by atoms with Gasteiger partial charge in [-0.05, 0) is 51.8 Å². The van der Waals surface area contributed by atoms with Gasteiger partial charge in [0.15, 0.2) is 0 Å². The van der Waals surface area contributed by atoms with E-state index >= 15 is 0 Å². The molecule has 3 unspecified atom stereocenters. The number of hydrogen-bond acceptors (Lipinski definition) is 3. The lowest BCUT2D eigenvalue weighted by Gasteiger charge is -2.35. The summed E-state index contributed by atoms with van der Waals surface area (Å²) in [6.45, 7) is 8.92. The summed E-state index contributed by atoms with van der Waals surface area (Å²) in [4.78, 5) is 2.59. The summed E-state index contributed by atoms with van der Waals surface area (Å²) in [5.74, 6) is 0. The van der Waals surface area contributed by atoms with E-state index < -0.39 is 0 Å². The van der Waals surface area contributed by atoms with Gasteiger partial charge in [-0.25, -0.2) is 0 Å². The monoisotopic (exact) mass is 288 g/mol. The lowest BCUT2D eigenvalue weighted by Crippen LogP contribution is -2.47. The van der Waals surface area contributed by atoms with E-state index in [1.54, 1.807) is 0 Å². The van der Waals surface area contributed by atoms with Gasteiger partial charge >= 0.3 is 0 Å². The average molecular weight is 288 g/mol. The molecule has 3 atom stereocenters. The second-order valence-corrected chi connectivity index (χ2v) is 6.86. The molecular formula is C18H28N2O. The fourth-order valence-corrected chi connectivity index (χ4v) is 3.71. The van der Waals surface area contributed by atoms with Crippen LogP contribution in [0, 0.1) is 0 Å². The predicted octanol–water partition coefficient (Wildman–Crippen LogP) is 2.76. The van der Waals surface area contributed by atoms with Crippen LogP contribution >= 0.6 is 0 Å². The van der Waals surface area contributed by atoms with E-state index in [0.29, 0.717) is 12.2 Å². The summed E-state index contributed by atoms with van der Waals surface area (Å²) in [5.41, 5.74) is 1.43. The Morgan fingerprint density at radius 1 is 1.29 bits per heavy atom. The molecule has 2 aliphatic heterocycles. The molecule has 0 saturated carbocycles. The van der Waals surface area contributed by atoms with Crippen LogP contribution in [0.1, 0.15) is 38.7 Å². The van der Waals surface area contributed by atoms with Crippen LogP contribution < -0.4 is 5.32 Å². The van der Waals surface area contributed by atoms with Gasteiger partial charge in [0.05, 0.1) is 17.7 Å². The first kappa shape index (κ1) is 15.0. The molecule has 0 spiro atoms. The van der Waals surface area contributed by atoms with Gasteiger partial charge < -0.3 is 10.1 Å². The summed E-state index contributed by atoms with van der Waals surface area (Å²) >= 11 is 0. The Balaban J connectivity index is 1.68. The van der Waals surface area contributed by atoms with Gasteiger partial charge in [-0.1, -0.05) is 30.3 Å². The minimum atomic E-state index is 0.0436. The molecule has 2 fully saturated rings. The molecule has 1 aromatic carbocycles. The van der Waals surface area contributed by atoms with Gasteiger partial charge in [0, 0.05) is 13.1 Å². The van der Waals surface area contributed by atoms with Gasteiger partial charge in [0.25, 0.3) is 0 Å². The standard InChI is InChI=1S/C18H28N2O/c1-15-9-10-17(21-15)13-20-12-6-11-19-18(2,14-20)16-7-4-3-5-8-16/h3-5,7-8,15,17,19H,6,9-14H2,1-2H3. The maximum absolute atomic E-state index is 6.02. The summed E-state index contributed by atoms with van der Waals surface area (Å²) < 4.78 is 6.02. The van der Waals surface area contributed by atoms with Crippen LogP contribution in [-0.4, -0.2) is 43.3 Å². The number of benzene rings is 1. The molecule has 3 heteroatoms. The van der Waals surface area contributed by atoms with Crippen molar-refractivity contribution in [2.75, 3.05) is 26.2 Å². The van der Waals surface area contributed by atoms with Crippen LogP contribution in [0.15, 0.2) is 30.3 Å². The molecule has 3 rings (SSSR count). The first-order valence-corrected chi connectivity index (χ1v) is 8.34. The molecule has 3 nitrogen and oxygen atoms in total. The van der Waals surface area contributed by atoms with Crippen molar-refractivity contribution in [3.05, 3.63) is 35.9 Å². The minimum absolute atomic E-state index is 0.0436. The largest absolute Gasteiger partial charge is 0.374 e. The highest BCUT2D eigenvalue weighted by atomic mass is 16.5. The lowest BCUT2D eigenvalue weighted by atomic mass is 9.91. The van der Waals surface area contributed by atoms with Crippen molar-refractivity contribution in [3.8, 4) is 0 Å². The van der Waals surface area contributed by atoms with Crippen molar-refractivity contribution >= 4 is 0 Å². The van der Waals surface area contributed by atoms with Crippen LogP contribution in [0.4, 0.5) is 0 Å². The third-order valence-corrected chi connectivity index (χ3v) is 4.90. The van der Waals surface area contributed by atoms with Gasteiger partial charge in [-0.3, -0.25) is 4.90 Å². The van der Waals surface area contributed by atoms with Crippen LogP contribution in [0.25, 0.3) is 0 Å². The van der Waals surface area contributed by atoms with E-state index in [-0.39, 0.29) is 5.54 Å². The SMILES string of the molecule is CC1CCC(CN2CCCNC(C)(c3ccccc3)C2)O1. The van der Waals surface area contributed by atoms with E-state index in [4.69, 9.17) is 4.74 Å². The Bertz CT molecular complexity index is 450. The average Bonchev–Trinajstić information content (AvgIpc) is 2.79. The van der Waals surface area contributed by atoms with Gasteiger partial charge in [0.1, 0.15) is 0 Å². The summed E-state index contributed by atoms with van der Waals surface area (Å²) in [5, 5.41) is 3.76. The number of ether oxygens (including phenoxy) is 1. The molecule has 116 valence electrons. The van der Waals surface area contributed by atoms with Crippen LogP contribution in [0.2, 0.25) is 0 Å². The van der Waals surface area contributed by atoms with Gasteiger partial charge in [-0.2, -0.15) is 0 Å². The van der Waals surface area contributed by atoms with Crippen molar-refractivity contribution in [2.45, 2.75) is 50.9 Å². The molecule has 1 aromatic rings.